The highest BCUT2D eigenvalue weighted by Gasteiger charge is 2.09. The highest BCUT2D eigenvalue weighted by molar-refractivity contribution is 5.80. The van der Waals surface area contributed by atoms with Crippen LogP contribution in [-0.4, -0.2) is 42.7 Å². The lowest BCUT2D eigenvalue weighted by atomic mass is 10.1. The van der Waals surface area contributed by atoms with Crippen molar-refractivity contribution >= 4 is 12.2 Å². The van der Waals surface area contributed by atoms with Crippen LogP contribution in [0.2, 0.25) is 0 Å². The lowest BCUT2D eigenvalue weighted by Gasteiger charge is -2.09. The van der Waals surface area contributed by atoms with E-state index in [-0.39, 0.29) is 17.2 Å². The Morgan fingerprint density at radius 3 is 2.41 bits per heavy atom. The van der Waals surface area contributed by atoms with Crippen molar-refractivity contribution in [3.05, 3.63) is 69.6 Å². The Morgan fingerprint density at radius 2 is 1.76 bits per heavy atom. The van der Waals surface area contributed by atoms with Gasteiger partial charge in [-0.05, 0) is 47.5 Å². The first-order valence-electron chi connectivity index (χ1n) is 8.73. The maximum Gasteiger partial charge on any atom is 0.274 e. The molecule has 2 aromatic carbocycles. The van der Waals surface area contributed by atoms with E-state index in [1.165, 1.54) is 0 Å². The number of hydrogen-bond donors (Lipinski definition) is 2. The second kappa shape index (κ2) is 9.36. The maximum atomic E-state index is 12.3. The lowest BCUT2D eigenvalue weighted by molar-refractivity contribution is 0.354. The molecular weight excluding hydrogens is 374 g/mol. The predicted molar refractivity (Wildman–Crippen MR) is 109 cm³/mol. The normalized spacial score (nSPS) is 10.7. The van der Waals surface area contributed by atoms with Crippen LogP contribution in [0.4, 0.5) is 5.95 Å². The molecule has 0 atom stereocenters. The number of aromatic nitrogens is 3. The van der Waals surface area contributed by atoms with E-state index in [9.17, 15) is 4.79 Å². The van der Waals surface area contributed by atoms with Crippen molar-refractivity contribution in [2.24, 2.45) is 5.10 Å². The highest BCUT2D eigenvalue weighted by Crippen LogP contribution is 2.28. The van der Waals surface area contributed by atoms with Crippen molar-refractivity contribution in [2.75, 3.05) is 26.8 Å². The molecule has 0 aliphatic rings. The van der Waals surface area contributed by atoms with Gasteiger partial charge < -0.3 is 14.2 Å². The fourth-order valence-corrected chi connectivity index (χ4v) is 2.57. The zero-order valence-corrected chi connectivity index (χ0v) is 16.3. The Hall–Kier alpha value is -3.88. The zero-order valence-electron chi connectivity index (χ0n) is 16.3. The first-order chi connectivity index (χ1) is 14.1. The average molecular weight is 395 g/mol. The summed E-state index contributed by atoms with van der Waals surface area (Å²) in [6.07, 6.45) is 1.90. The summed E-state index contributed by atoms with van der Waals surface area (Å²) in [7, 11) is 4.73. The van der Waals surface area contributed by atoms with Crippen LogP contribution in [0.1, 0.15) is 16.8 Å². The number of hydrazone groups is 1. The molecule has 9 heteroatoms. The van der Waals surface area contributed by atoms with Crippen LogP contribution in [-0.2, 0) is 6.42 Å². The molecule has 0 amide bonds. The van der Waals surface area contributed by atoms with Crippen LogP contribution in [0.5, 0.6) is 17.2 Å². The summed E-state index contributed by atoms with van der Waals surface area (Å²) in [5, 5.41) is 12.0. The second-order valence-electron chi connectivity index (χ2n) is 5.96. The monoisotopic (exact) mass is 395 g/mol. The SMILES string of the molecule is COc1ccc(/C=N\Nc2nnc(Cc3ccc(OC)c(OC)c3)c(=O)[nH]2)cc1. The van der Waals surface area contributed by atoms with Gasteiger partial charge in [-0.15, -0.1) is 10.2 Å². The Balaban J connectivity index is 1.66. The van der Waals surface area contributed by atoms with Gasteiger partial charge in [0.25, 0.3) is 5.56 Å². The summed E-state index contributed by atoms with van der Waals surface area (Å²) in [4.78, 5) is 14.9. The maximum absolute atomic E-state index is 12.3. The lowest BCUT2D eigenvalue weighted by Crippen LogP contribution is -2.18. The minimum Gasteiger partial charge on any atom is -0.497 e. The smallest absolute Gasteiger partial charge is 0.274 e. The number of hydrogen-bond acceptors (Lipinski definition) is 8. The van der Waals surface area contributed by atoms with Crippen molar-refractivity contribution in [3.63, 3.8) is 0 Å². The van der Waals surface area contributed by atoms with Crippen LogP contribution < -0.4 is 25.2 Å². The Labute approximate surface area is 167 Å². The number of benzene rings is 2. The molecule has 0 spiro atoms. The summed E-state index contributed by atoms with van der Waals surface area (Å²) < 4.78 is 15.6. The molecule has 1 aromatic heterocycles. The molecule has 150 valence electrons. The van der Waals surface area contributed by atoms with E-state index in [4.69, 9.17) is 14.2 Å². The van der Waals surface area contributed by atoms with Crippen molar-refractivity contribution in [1.29, 1.82) is 0 Å². The zero-order chi connectivity index (χ0) is 20.6. The van der Waals surface area contributed by atoms with Crippen molar-refractivity contribution in [3.8, 4) is 17.2 Å². The van der Waals surface area contributed by atoms with Gasteiger partial charge in [0.1, 0.15) is 11.4 Å². The molecule has 3 rings (SSSR count). The molecule has 0 aliphatic carbocycles. The second-order valence-corrected chi connectivity index (χ2v) is 5.96. The number of methoxy groups -OCH3 is 3. The fraction of sp³-hybridized carbons (Fsp3) is 0.200. The van der Waals surface area contributed by atoms with E-state index in [0.717, 1.165) is 16.9 Å². The molecule has 0 bridgehead atoms. The third kappa shape index (κ3) is 5.10. The molecule has 0 aliphatic heterocycles. The molecule has 1 heterocycles. The first kappa shape index (κ1) is 19.9. The summed E-state index contributed by atoms with van der Waals surface area (Å²) in [5.74, 6) is 2.11. The Morgan fingerprint density at radius 1 is 1.00 bits per heavy atom. The Bertz CT molecular complexity index is 1050. The first-order valence-corrected chi connectivity index (χ1v) is 8.73. The number of aromatic amines is 1. The third-order valence-corrected chi connectivity index (χ3v) is 4.08. The topological polar surface area (TPSA) is 111 Å². The molecule has 29 heavy (non-hydrogen) atoms. The van der Waals surface area contributed by atoms with Crippen molar-refractivity contribution in [1.82, 2.24) is 15.2 Å². The van der Waals surface area contributed by atoms with Crippen molar-refractivity contribution in [2.45, 2.75) is 6.42 Å². The summed E-state index contributed by atoms with van der Waals surface area (Å²) in [5.41, 5.74) is 4.30. The molecule has 0 saturated carbocycles. The standard InChI is InChI=1S/C20H21N5O4/c1-27-15-7-4-13(5-8-15)12-21-24-20-22-19(26)16(23-25-20)10-14-6-9-17(28-2)18(11-14)29-3/h4-9,11-12H,10H2,1-3H3,(H2,22,24,25,26)/b21-12-. The molecule has 0 saturated heterocycles. The Kier molecular flexibility index (Phi) is 6.41. The fourth-order valence-electron chi connectivity index (χ4n) is 2.57. The van der Waals surface area contributed by atoms with E-state index in [0.29, 0.717) is 17.9 Å². The number of nitrogens with one attached hydrogen (secondary N) is 2. The molecule has 0 radical (unpaired) electrons. The van der Waals surface area contributed by atoms with Gasteiger partial charge in [0.05, 0.1) is 27.5 Å². The summed E-state index contributed by atoms with van der Waals surface area (Å²) in [6.45, 7) is 0. The summed E-state index contributed by atoms with van der Waals surface area (Å²) in [6, 6.07) is 12.8. The van der Waals surface area contributed by atoms with Crippen LogP contribution >= 0.6 is 0 Å². The van der Waals surface area contributed by atoms with E-state index in [2.05, 4.69) is 25.7 Å². The van der Waals surface area contributed by atoms with Gasteiger partial charge in [0.15, 0.2) is 11.5 Å². The van der Waals surface area contributed by atoms with Crippen molar-refractivity contribution < 1.29 is 14.2 Å². The van der Waals surface area contributed by atoms with Gasteiger partial charge in [0.2, 0.25) is 5.95 Å². The number of ether oxygens (including phenoxy) is 3. The van der Waals surface area contributed by atoms with Crippen LogP contribution in [0.25, 0.3) is 0 Å². The van der Waals surface area contributed by atoms with Gasteiger partial charge in [-0.1, -0.05) is 6.07 Å². The quantitative estimate of drug-likeness (QED) is 0.444. The number of anilines is 1. The van der Waals surface area contributed by atoms with E-state index < -0.39 is 0 Å². The van der Waals surface area contributed by atoms with Gasteiger partial charge in [-0.2, -0.15) is 5.10 Å². The number of rotatable bonds is 8. The van der Waals surface area contributed by atoms with Crippen LogP contribution in [0, 0.1) is 0 Å². The van der Waals surface area contributed by atoms with Crippen LogP contribution in [0.3, 0.4) is 0 Å². The van der Waals surface area contributed by atoms with E-state index >= 15 is 0 Å². The molecule has 9 nitrogen and oxygen atoms in total. The average Bonchev–Trinajstić information content (AvgIpc) is 2.76. The molecular formula is C20H21N5O4. The highest BCUT2D eigenvalue weighted by atomic mass is 16.5. The van der Waals surface area contributed by atoms with E-state index in [1.54, 1.807) is 39.7 Å². The molecule has 2 N–H and O–H groups in total. The largest absolute Gasteiger partial charge is 0.497 e. The molecule has 0 fully saturated rings. The molecule has 3 aromatic rings. The molecule has 0 unspecified atom stereocenters. The minimum absolute atomic E-state index is 0.149. The van der Waals surface area contributed by atoms with Gasteiger partial charge >= 0.3 is 0 Å². The van der Waals surface area contributed by atoms with Gasteiger partial charge in [0, 0.05) is 6.42 Å². The van der Waals surface area contributed by atoms with Gasteiger partial charge in [-0.25, -0.2) is 5.43 Å². The number of nitrogens with zero attached hydrogens (tertiary/aromatic N) is 3. The van der Waals surface area contributed by atoms with Gasteiger partial charge in [-0.3, -0.25) is 9.78 Å². The minimum atomic E-state index is -0.350. The third-order valence-electron chi connectivity index (χ3n) is 4.08. The predicted octanol–water partition coefficient (Wildman–Crippen LogP) is 2.23. The van der Waals surface area contributed by atoms with E-state index in [1.807, 2.05) is 30.3 Å². The van der Waals surface area contributed by atoms with Crippen LogP contribution in [0.15, 0.2) is 52.4 Å². The number of H-pyrrole nitrogens is 1. The summed E-state index contributed by atoms with van der Waals surface area (Å²) >= 11 is 0.